The van der Waals surface area contributed by atoms with Crippen molar-refractivity contribution in [2.75, 3.05) is 6.61 Å². The van der Waals surface area contributed by atoms with E-state index in [0.717, 1.165) is 12.5 Å². The third kappa shape index (κ3) is 2.98. The molecule has 0 N–H and O–H groups in total. The molecule has 1 fully saturated rings. The van der Waals surface area contributed by atoms with Gasteiger partial charge in [-0.2, -0.15) is 0 Å². The number of hydrogen-bond donors (Lipinski definition) is 0. The fraction of sp³-hybridized carbons (Fsp3) is 0.818. The van der Waals surface area contributed by atoms with Crippen molar-refractivity contribution >= 4 is 0 Å². The summed E-state index contributed by atoms with van der Waals surface area (Å²) in [4.78, 5) is 0. The Bertz CT molecular complexity index is 140. The second-order valence-corrected chi connectivity index (χ2v) is 3.70. The minimum absolute atomic E-state index is 0.523. The van der Waals surface area contributed by atoms with Crippen LogP contribution in [0.5, 0.6) is 0 Å². The Morgan fingerprint density at radius 3 is 2.75 bits per heavy atom. The largest absolute Gasteiger partial charge is 0.374 e. The van der Waals surface area contributed by atoms with E-state index in [2.05, 4.69) is 13.0 Å². The molecule has 1 aliphatic rings. The van der Waals surface area contributed by atoms with E-state index in [-0.39, 0.29) is 0 Å². The smallest absolute Gasteiger partial charge is 0.0651 e. The van der Waals surface area contributed by atoms with Crippen LogP contribution >= 0.6 is 0 Å². The van der Waals surface area contributed by atoms with Gasteiger partial charge in [-0.1, -0.05) is 31.9 Å². The van der Waals surface area contributed by atoms with Gasteiger partial charge in [0.15, 0.2) is 0 Å². The van der Waals surface area contributed by atoms with Crippen molar-refractivity contribution < 1.29 is 4.74 Å². The Labute approximate surface area is 75.8 Å². The maximum atomic E-state index is 5.75. The van der Waals surface area contributed by atoms with Gasteiger partial charge in [0, 0.05) is 0 Å². The maximum absolute atomic E-state index is 5.75. The van der Waals surface area contributed by atoms with Gasteiger partial charge < -0.3 is 4.74 Å². The number of hydrogen-bond acceptors (Lipinski definition) is 1. The molecule has 0 amide bonds. The van der Waals surface area contributed by atoms with Crippen molar-refractivity contribution in [1.29, 1.82) is 0 Å². The van der Waals surface area contributed by atoms with Crippen molar-refractivity contribution in [2.45, 2.75) is 45.6 Å². The molecule has 1 saturated carbocycles. The second kappa shape index (κ2) is 5.36. The highest BCUT2D eigenvalue weighted by molar-refractivity contribution is 4.79. The molecule has 2 unspecified atom stereocenters. The van der Waals surface area contributed by atoms with E-state index in [1.807, 2.05) is 13.0 Å². The summed E-state index contributed by atoms with van der Waals surface area (Å²) in [6.07, 6.45) is 10.0. The van der Waals surface area contributed by atoms with Gasteiger partial charge in [0.1, 0.15) is 0 Å². The molecule has 1 nitrogen and oxygen atoms in total. The average Bonchev–Trinajstić information content (AvgIpc) is 2.09. The number of ether oxygens (including phenoxy) is 1. The van der Waals surface area contributed by atoms with Gasteiger partial charge >= 0.3 is 0 Å². The van der Waals surface area contributed by atoms with Crippen LogP contribution in [0.3, 0.4) is 0 Å². The highest BCUT2D eigenvalue weighted by atomic mass is 16.5. The number of allylic oxidation sites excluding steroid dienone is 1. The molecule has 0 spiro atoms. The van der Waals surface area contributed by atoms with Gasteiger partial charge in [0.05, 0.1) is 12.7 Å². The van der Waals surface area contributed by atoms with Crippen LogP contribution in [0.2, 0.25) is 0 Å². The van der Waals surface area contributed by atoms with Gasteiger partial charge in [0.2, 0.25) is 0 Å². The van der Waals surface area contributed by atoms with Crippen LogP contribution in [0, 0.1) is 5.92 Å². The molecule has 1 heteroatoms. The highest BCUT2D eigenvalue weighted by Crippen LogP contribution is 2.25. The van der Waals surface area contributed by atoms with Crippen molar-refractivity contribution in [1.82, 2.24) is 0 Å². The molecule has 0 aromatic rings. The van der Waals surface area contributed by atoms with Crippen LogP contribution in [-0.4, -0.2) is 12.7 Å². The summed E-state index contributed by atoms with van der Waals surface area (Å²) < 4.78 is 5.75. The molecule has 1 aliphatic carbocycles. The van der Waals surface area contributed by atoms with Gasteiger partial charge in [-0.05, 0) is 25.7 Å². The van der Waals surface area contributed by atoms with Gasteiger partial charge in [-0.25, -0.2) is 0 Å². The Kier molecular flexibility index (Phi) is 4.37. The van der Waals surface area contributed by atoms with Crippen molar-refractivity contribution in [2.24, 2.45) is 5.92 Å². The van der Waals surface area contributed by atoms with Crippen LogP contribution in [0.4, 0.5) is 0 Å². The van der Waals surface area contributed by atoms with E-state index < -0.39 is 0 Å². The molecule has 0 heterocycles. The maximum Gasteiger partial charge on any atom is 0.0651 e. The highest BCUT2D eigenvalue weighted by Gasteiger charge is 2.20. The Hall–Kier alpha value is -0.300. The minimum Gasteiger partial charge on any atom is -0.374 e. The van der Waals surface area contributed by atoms with E-state index in [1.54, 1.807) is 0 Å². The van der Waals surface area contributed by atoms with Crippen molar-refractivity contribution in [3.8, 4) is 0 Å². The van der Waals surface area contributed by atoms with Gasteiger partial charge in [0.25, 0.3) is 0 Å². The predicted octanol–water partition coefficient (Wildman–Crippen LogP) is 3.16. The lowest BCUT2D eigenvalue weighted by molar-refractivity contribution is 0.0103. The van der Waals surface area contributed by atoms with Crippen LogP contribution in [0.15, 0.2) is 12.2 Å². The zero-order valence-electron chi connectivity index (χ0n) is 8.25. The Morgan fingerprint density at radius 2 is 2.08 bits per heavy atom. The third-order valence-electron chi connectivity index (χ3n) is 2.68. The Balaban J connectivity index is 2.20. The zero-order chi connectivity index (χ0) is 8.81. The summed E-state index contributed by atoms with van der Waals surface area (Å²) in [7, 11) is 0. The van der Waals surface area contributed by atoms with Gasteiger partial charge in [-0.15, -0.1) is 0 Å². The zero-order valence-corrected chi connectivity index (χ0v) is 8.25. The third-order valence-corrected chi connectivity index (χ3v) is 2.68. The lowest BCUT2D eigenvalue weighted by Gasteiger charge is -2.28. The average molecular weight is 168 g/mol. The molecule has 0 aliphatic heterocycles. The molecule has 2 atom stereocenters. The van der Waals surface area contributed by atoms with Crippen LogP contribution in [0.25, 0.3) is 0 Å². The van der Waals surface area contributed by atoms with E-state index in [0.29, 0.717) is 6.10 Å². The summed E-state index contributed by atoms with van der Waals surface area (Å²) >= 11 is 0. The quantitative estimate of drug-likeness (QED) is 0.588. The summed E-state index contributed by atoms with van der Waals surface area (Å²) in [5.74, 6) is 0.768. The van der Waals surface area contributed by atoms with Crippen molar-refractivity contribution in [3.05, 3.63) is 12.2 Å². The predicted molar refractivity (Wildman–Crippen MR) is 52.2 cm³/mol. The Morgan fingerprint density at radius 1 is 1.33 bits per heavy atom. The van der Waals surface area contributed by atoms with Crippen LogP contribution in [0.1, 0.15) is 39.5 Å². The molecule has 1 rings (SSSR count). The topological polar surface area (TPSA) is 9.23 Å². The molecule has 0 saturated heterocycles. The van der Waals surface area contributed by atoms with E-state index in [9.17, 15) is 0 Å². The molecule has 0 aromatic carbocycles. The summed E-state index contributed by atoms with van der Waals surface area (Å²) in [5, 5.41) is 0. The number of rotatable bonds is 3. The fourth-order valence-electron chi connectivity index (χ4n) is 1.81. The summed E-state index contributed by atoms with van der Waals surface area (Å²) in [6, 6.07) is 0. The first-order valence-corrected chi connectivity index (χ1v) is 5.07. The standard InChI is InChI=1S/C11H20O/c1-3-4-9-12-11-8-6-5-7-10(11)2/h3-4,10-11H,5-9H2,1-2H3. The molecular formula is C11H20O. The molecule has 0 aromatic heterocycles. The molecule has 0 radical (unpaired) electrons. The first kappa shape index (κ1) is 9.79. The van der Waals surface area contributed by atoms with Crippen LogP contribution in [-0.2, 0) is 4.74 Å². The van der Waals surface area contributed by atoms with Crippen LogP contribution < -0.4 is 0 Å². The first-order valence-electron chi connectivity index (χ1n) is 5.07. The van der Waals surface area contributed by atoms with Crippen molar-refractivity contribution in [3.63, 3.8) is 0 Å². The normalized spacial score (nSPS) is 31.2. The minimum atomic E-state index is 0.523. The van der Waals surface area contributed by atoms with E-state index in [4.69, 9.17) is 4.74 Å². The first-order chi connectivity index (χ1) is 5.84. The molecule has 0 bridgehead atoms. The molecule has 12 heavy (non-hydrogen) atoms. The summed E-state index contributed by atoms with van der Waals surface area (Å²) in [6.45, 7) is 5.14. The lowest BCUT2D eigenvalue weighted by Crippen LogP contribution is -2.25. The fourth-order valence-corrected chi connectivity index (χ4v) is 1.81. The molecule has 70 valence electrons. The monoisotopic (exact) mass is 168 g/mol. The molecular weight excluding hydrogens is 148 g/mol. The van der Waals surface area contributed by atoms with E-state index in [1.165, 1.54) is 25.7 Å². The second-order valence-electron chi connectivity index (χ2n) is 3.70. The summed E-state index contributed by atoms with van der Waals surface area (Å²) in [5.41, 5.74) is 0. The van der Waals surface area contributed by atoms with E-state index >= 15 is 0 Å². The lowest BCUT2D eigenvalue weighted by atomic mass is 9.88. The SMILES string of the molecule is CC=CCOC1CCCCC1C. The van der Waals surface area contributed by atoms with Gasteiger partial charge in [-0.3, -0.25) is 0 Å².